The molecule has 0 saturated heterocycles. The van der Waals surface area contributed by atoms with Gasteiger partial charge < -0.3 is 24.8 Å². The molecule has 24 heavy (non-hydrogen) atoms. The zero-order valence-corrected chi connectivity index (χ0v) is 15.1. The fourth-order valence-corrected chi connectivity index (χ4v) is 2.55. The first-order valence-corrected chi connectivity index (χ1v) is 7.91. The van der Waals surface area contributed by atoms with Crippen molar-refractivity contribution in [2.75, 3.05) is 26.6 Å². The van der Waals surface area contributed by atoms with Gasteiger partial charge in [-0.3, -0.25) is 0 Å². The molecule has 1 unspecified atom stereocenters. The predicted octanol–water partition coefficient (Wildman–Crippen LogP) is 3.76. The van der Waals surface area contributed by atoms with Crippen LogP contribution in [0.15, 0.2) is 42.5 Å². The molecule has 0 aliphatic heterocycles. The minimum absolute atomic E-state index is 0.0247. The van der Waals surface area contributed by atoms with Crippen LogP contribution in [0.1, 0.15) is 18.5 Å². The normalized spacial score (nSPS) is 11.3. The number of methoxy groups -OCH3 is 3. The largest absolute Gasteiger partial charge is 0.497 e. The molecule has 0 fully saturated rings. The first kappa shape index (κ1) is 17.9. The molecular formula is C18H22N2O3S. The number of ether oxygens (including phenoxy) is 3. The Balaban J connectivity index is 2.07. The van der Waals surface area contributed by atoms with E-state index in [1.54, 1.807) is 21.3 Å². The summed E-state index contributed by atoms with van der Waals surface area (Å²) in [6.45, 7) is 2.03. The molecule has 1 atom stereocenters. The highest BCUT2D eigenvalue weighted by Crippen LogP contribution is 2.29. The van der Waals surface area contributed by atoms with Gasteiger partial charge in [0.1, 0.15) is 17.2 Å². The van der Waals surface area contributed by atoms with E-state index in [0.29, 0.717) is 10.9 Å². The van der Waals surface area contributed by atoms with Crippen LogP contribution >= 0.6 is 12.2 Å². The maximum Gasteiger partial charge on any atom is 0.171 e. The van der Waals surface area contributed by atoms with Gasteiger partial charge in [-0.2, -0.15) is 0 Å². The van der Waals surface area contributed by atoms with E-state index in [0.717, 1.165) is 22.7 Å². The molecule has 2 rings (SSSR count). The van der Waals surface area contributed by atoms with Gasteiger partial charge in [0.15, 0.2) is 5.11 Å². The summed E-state index contributed by atoms with van der Waals surface area (Å²) in [6.07, 6.45) is 0. The van der Waals surface area contributed by atoms with E-state index in [1.807, 2.05) is 49.4 Å². The zero-order valence-electron chi connectivity index (χ0n) is 14.3. The first-order valence-electron chi connectivity index (χ1n) is 7.51. The third-order valence-electron chi connectivity index (χ3n) is 3.60. The summed E-state index contributed by atoms with van der Waals surface area (Å²) < 4.78 is 15.8. The van der Waals surface area contributed by atoms with E-state index < -0.39 is 0 Å². The summed E-state index contributed by atoms with van der Waals surface area (Å²) in [5, 5.41) is 6.90. The Morgan fingerprint density at radius 2 is 1.67 bits per heavy atom. The van der Waals surface area contributed by atoms with Gasteiger partial charge in [-0.1, -0.05) is 12.1 Å². The van der Waals surface area contributed by atoms with Crippen LogP contribution in [0.3, 0.4) is 0 Å². The molecule has 0 bridgehead atoms. The molecule has 0 saturated carbocycles. The lowest BCUT2D eigenvalue weighted by Gasteiger charge is -2.19. The number of rotatable bonds is 6. The van der Waals surface area contributed by atoms with Gasteiger partial charge in [-0.25, -0.2) is 0 Å². The second-order valence-corrected chi connectivity index (χ2v) is 5.57. The third-order valence-corrected chi connectivity index (χ3v) is 3.82. The highest BCUT2D eigenvalue weighted by molar-refractivity contribution is 7.80. The molecule has 5 nitrogen and oxygen atoms in total. The van der Waals surface area contributed by atoms with E-state index in [1.165, 1.54) is 0 Å². The van der Waals surface area contributed by atoms with Crippen LogP contribution in [0, 0.1) is 0 Å². The van der Waals surface area contributed by atoms with Crippen molar-refractivity contribution < 1.29 is 14.2 Å². The smallest absolute Gasteiger partial charge is 0.171 e. The Morgan fingerprint density at radius 1 is 0.958 bits per heavy atom. The molecule has 128 valence electrons. The predicted molar refractivity (Wildman–Crippen MR) is 100 cm³/mol. The molecule has 0 heterocycles. The molecule has 0 radical (unpaired) electrons. The van der Waals surface area contributed by atoms with E-state index >= 15 is 0 Å². The molecule has 2 N–H and O–H groups in total. The number of benzene rings is 2. The van der Waals surface area contributed by atoms with E-state index in [4.69, 9.17) is 26.4 Å². The van der Waals surface area contributed by atoms with Crippen molar-refractivity contribution in [2.45, 2.75) is 13.0 Å². The lowest BCUT2D eigenvalue weighted by Crippen LogP contribution is -2.31. The molecular weight excluding hydrogens is 324 g/mol. The van der Waals surface area contributed by atoms with Gasteiger partial charge in [0.25, 0.3) is 0 Å². The van der Waals surface area contributed by atoms with Crippen LogP contribution in [-0.2, 0) is 0 Å². The van der Waals surface area contributed by atoms with Crippen molar-refractivity contribution in [3.05, 3.63) is 48.0 Å². The SMILES string of the molecule is COc1cccc(C(C)NC(=S)Nc2cc(OC)ccc2OC)c1. The minimum Gasteiger partial charge on any atom is -0.497 e. The van der Waals surface area contributed by atoms with Crippen molar-refractivity contribution in [3.63, 3.8) is 0 Å². The summed E-state index contributed by atoms with van der Waals surface area (Å²) in [7, 11) is 4.88. The molecule has 2 aromatic carbocycles. The maximum absolute atomic E-state index is 5.41. The van der Waals surface area contributed by atoms with Crippen LogP contribution in [0.2, 0.25) is 0 Å². The second-order valence-electron chi connectivity index (χ2n) is 5.16. The first-order chi connectivity index (χ1) is 11.6. The van der Waals surface area contributed by atoms with Crippen LogP contribution in [0.4, 0.5) is 5.69 Å². The minimum atomic E-state index is 0.0247. The quantitative estimate of drug-likeness (QED) is 0.777. The van der Waals surface area contributed by atoms with Crippen LogP contribution < -0.4 is 24.8 Å². The average Bonchev–Trinajstić information content (AvgIpc) is 2.61. The van der Waals surface area contributed by atoms with Gasteiger partial charge in [0, 0.05) is 6.07 Å². The maximum atomic E-state index is 5.41. The zero-order chi connectivity index (χ0) is 17.5. The Labute approximate surface area is 147 Å². The Hall–Kier alpha value is -2.47. The molecule has 0 amide bonds. The standard InChI is InChI=1S/C18H22N2O3S/c1-12(13-6-5-7-14(10-13)21-2)19-18(24)20-16-11-15(22-3)8-9-17(16)23-4/h5-12H,1-4H3,(H2,19,20,24). The fourth-order valence-electron chi connectivity index (χ4n) is 2.26. The third kappa shape index (κ3) is 4.52. The Bertz CT molecular complexity index is 706. The van der Waals surface area contributed by atoms with Crippen molar-refractivity contribution >= 4 is 23.0 Å². The Morgan fingerprint density at radius 3 is 2.33 bits per heavy atom. The number of hydrogen-bond acceptors (Lipinski definition) is 4. The molecule has 0 aliphatic rings. The number of nitrogens with one attached hydrogen (secondary N) is 2. The summed E-state index contributed by atoms with van der Waals surface area (Å²) >= 11 is 5.41. The topological polar surface area (TPSA) is 51.8 Å². The van der Waals surface area contributed by atoms with Gasteiger partial charge in [-0.05, 0) is 49.0 Å². The number of thiocarbonyl (C=S) groups is 1. The monoisotopic (exact) mass is 346 g/mol. The van der Waals surface area contributed by atoms with E-state index in [9.17, 15) is 0 Å². The van der Waals surface area contributed by atoms with Crippen LogP contribution in [-0.4, -0.2) is 26.4 Å². The molecule has 0 spiro atoms. The second kappa shape index (κ2) is 8.40. The highest BCUT2D eigenvalue weighted by atomic mass is 32.1. The fraction of sp³-hybridized carbons (Fsp3) is 0.278. The summed E-state index contributed by atoms with van der Waals surface area (Å²) in [4.78, 5) is 0. The van der Waals surface area contributed by atoms with Crippen LogP contribution in [0.5, 0.6) is 17.2 Å². The van der Waals surface area contributed by atoms with Gasteiger partial charge in [0.2, 0.25) is 0 Å². The van der Waals surface area contributed by atoms with Gasteiger partial charge >= 0.3 is 0 Å². The molecule has 0 aromatic heterocycles. The molecule has 0 aliphatic carbocycles. The van der Waals surface area contributed by atoms with Crippen molar-refractivity contribution in [3.8, 4) is 17.2 Å². The molecule has 2 aromatic rings. The Kier molecular flexibility index (Phi) is 6.26. The van der Waals surface area contributed by atoms with E-state index in [2.05, 4.69) is 10.6 Å². The van der Waals surface area contributed by atoms with Crippen molar-refractivity contribution in [2.24, 2.45) is 0 Å². The summed E-state index contributed by atoms with van der Waals surface area (Å²) in [5.74, 6) is 2.23. The average molecular weight is 346 g/mol. The van der Waals surface area contributed by atoms with E-state index in [-0.39, 0.29) is 6.04 Å². The highest BCUT2D eigenvalue weighted by Gasteiger charge is 2.11. The van der Waals surface area contributed by atoms with Crippen molar-refractivity contribution in [1.82, 2.24) is 5.32 Å². The van der Waals surface area contributed by atoms with Gasteiger partial charge in [-0.15, -0.1) is 0 Å². The number of anilines is 1. The van der Waals surface area contributed by atoms with Crippen LogP contribution in [0.25, 0.3) is 0 Å². The van der Waals surface area contributed by atoms with Gasteiger partial charge in [0.05, 0.1) is 33.1 Å². The summed E-state index contributed by atoms with van der Waals surface area (Å²) in [5.41, 5.74) is 1.82. The lowest BCUT2D eigenvalue weighted by molar-refractivity contribution is 0.405. The van der Waals surface area contributed by atoms with Crippen molar-refractivity contribution in [1.29, 1.82) is 0 Å². The number of hydrogen-bond donors (Lipinski definition) is 2. The molecule has 6 heteroatoms. The summed E-state index contributed by atoms with van der Waals surface area (Å²) in [6, 6.07) is 13.4. The lowest BCUT2D eigenvalue weighted by atomic mass is 10.1.